The van der Waals surface area contributed by atoms with Gasteiger partial charge in [-0.25, -0.2) is 9.97 Å². The molecule has 4 heteroatoms. The second kappa shape index (κ2) is 5.04. The Labute approximate surface area is 114 Å². The highest BCUT2D eigenvalue weighted by Crippen LogP contribution is 2.25. The van der Waals surface area contributed by atoms with Crippen LogP contribution in [0.3, 0.4) is 0 Å². The lowest BCUT2D eigenvalue weighted by molar-refractivity contribution is 0.871. The maximum atomic E-state index is 6.14. The molecule has 0 fully saturated rings. The van der Waals surface area contributed by atoms with Crippen LogP contribution in [0, 0.1) is 0 Å². The first kappa shape index (κ1) is 11.6. The molecule has 2 aromatic heterocycles. The summed E-state index contributed by atoms with van der Waals surface area (Å²) in [4.78, 5) is 8.88. The number of fused-ring (bicyclic) bond motifs is 1. The topological polar surface area (TPSA) is 25.8 Å². The van der Waals surface area contributed by atoms with Crippen molar-refractivity contribution in [3.8, 4) is 0 Å². The normalized spacial score (nSPS) is 10.9. The van der Waals surface area contributed by atoms with Crippen molar-refractivity contribution in [2.24, 2.45) is 0 Å². The van der Waals surface area contributed by atoms with Crippen LogP contribution in [0.15, 0.2) is 41.8 Å². The number of aryl methyl sites for hydroxylation is 2. The van der Waals surface area contributed by atoms with Crippen LogP contribution in [0.1, 0.15) is 11.4 Å². The predicted octanol–water partition coefficient (Wildman–Crippen LogP) is 4.13. The molecule has 0 unspecified atom stereocenters. The molecular formula is C14H11ClN2S. The molecule has 0 aliphatic heterocycles. The van der Waals surface area contributed by atoms with E-state index in [9.17, 15) is 0 Å². The van der Waals surface area contributed by atoms with Crippen LogP contribution >= 0.6 is 22.9 Å². The Kier molecular flexibility index (Phi) is 3.26. The number of hydrogen-bond acceptors (Lipinski definition) is 3. The van der Waals surface area contributed by atoms with E-state index in [1.54, 1.807) is 11.3 Å². The maximum Gasteiger partial charge on any atom is 0.150 e. The van der Waals surface area contributed by atoms with Gasteiger partial charge in [-0.2, -0.15) is 0 Å². The summed E-state index contributed by atoms with van der Waals surface area (Å²) in [5.74, 6) is 0.815. The summed E-state index contributed by atoms with van der Waals surface area (Å²) in [7, 11) is 0. The van der Waals surface area contributed by atoms with E-state index in [1.807, 2.05) is 29.6 Å². The number of hydrogen-bond donors (Lipinski definition) is 0. The first-order valence-corrected chi connectivity index (χ1v) is 7.02. The molecule has 0 radical (unpaired) electrons. The first-order chi connectivity index (χ1) is 8.83. The van der Waals surface area contributed by atoms with Gasteiger partial charge in [-0.1, -0.05) is 41.9 Å². The molecule has 0 saturated carbocycles. The van der Waals surface area contributed by atoms with Gasteiger partial charge in [-0.05, 0) is 23.4 Å². The van der Waals surface area contributed by atoms with E-state index in [0.29, 0.717) is 5.15 Å². The third-order valence-electron chi connectivity index (χ3n) is 2.79. The van der Waals surface area contributed by atoms with Gasteiger partial charge < -0.3 is 0 Å². The number of halogens is 1. The summed E-state index contributed by atoms with van der Waals surface area (Å²) in [6.07, 6.45) is 1.75. The summed E-state index contributed by atoms with van der Waals surface area (Å²) in [6.45, 7) is 0. The van der Waals surface area contributed by atoms with Crippen LogP contribution < -0.4 is 0 Å². The highest BCUT2D eigenvalue weighted by Gasteiger charge is 2.07. The molecule has 1 aromatic carbocycles. The average Bonchev–Trinajstić information content (AvgIpc) is 2.86. The zero-order chi connectivity index (χ0) is 12.4. The minimum atomic E-state index is 0.568. The highest BCUT2D eigenvalue weighted by molar-refractivity contribution is 7.17. The minimum absolute atomic E-state index is 0.568. The summed E-state index contributed by atoms with van der Waals surface area (Å²) < 4.78 is 0.972. The Balaban J connectivity index is 1.82. The molecule has 3 aromatic rings. The Morgan fingerprint density at radius 3 is 2.67 bits per heavy atom. The zero-order valence-corrected chi connectivity index (χ0v) is 11.2. The monoisotopic (exact) mass is 274 g/mol. The summed E-state index contributed by atoms with van der Waals surface area (Å²) >= 11 is 7.72. The van der Waals surface area contributed by atoms with Gasteiger partial charge in [0.2, 0.25) is 0 Å². The van der Waals surface area contributed by atoms with Crippen molar-refractivity contribution in [2.45, 2.75) is 12.8 Å². The van der Waals surface area contributed by atoms with Crippen molar-refractivity contribution in [3.05, 3.63) is 58.3 Å². The fourth-order valence-corrected chi connectivity index (χ4v) is 2.92. The van der Waals surface area contributed by atoms with Crippen molar-refractivity contribution in [1.82, 2.24) is 9.97 Å². The molecule has 0 amide bonds. The van der Waals surface area contributed by atoms with Crippen molar-refractivity contribution >= 4 is 33.2 Å². The van der Waals surface area contributed by atoms with E-state index >= 15 is 0 Å². The van der Waals surface area contributed by atoms with Gasteiger partial charge in [-0.15, -0.1) is 11.3 Å². The smallest absolute Gasteiger partial charge is 0.150 e. The van der Waals surface area contributed by atoms with Gasteiger partial charge in [0.25, 0.3) is 0 Å². The molecule has 0 atom stereocenters. The zero-order valence-electron chi connectivity index (χ0n) is 9.64. The second-order valence-electron chi connectivity index (χ2n) is 4.05. The molecular weight excluding hydrogens is 264 g/mol. The Morgan fingerprint density at radius 2 is 1.83 bits per heavy atom. The third kappa shape index (κ3) is 2.37. The van der Waals surface area contributed by atoms with Gasteiger partial charge >= 0.3 is 0 Å². The van der Waals surface area contributed by atoms with Crippen molar-refractivity contribution in [1.29, 1.82) is 0 Å². The lowest BCUT2D eigenvalue weighted by Crippen LogP contribution is -1.98. The van der Waals surface area contributed by atoms with Crippen LogP contribution in [0.25, 0.3) is 10.2 Å². The fraction of sp³-hybridized carbons (Fsp3) is 0.143. The van der Waals surface area contributed by atoms with E-state index in [1.165, 1.54) is 5.56 Å². The standard InChI is InChI=1S/C14H11ClN2S/c15-14-13-11(8-9-18-13)16-12(17-14)7-6-10-4-2-1-3-5-10/h1-5,8-9H,6-7H2. The highest BCUT2D eigenvalue weighted by atomic mass is 35.5. The van der Waals surface area contributed by atoms with Crippen LogP contribution in [-0.2, 0) is 12.8 Å². The molecule has 18 heavy (non-hydrogen) atoms. The van der Waals surface area contributed by atoms with Gasteiger partial charge in [0, 0.05) is 6.42 Å². The summed E-state index contributed by atoms with van der Waals surface area (Å²) in [6, 6.07) is 12.3. The van der Waals surface area contributed by atoms with E-state index in [-0.39, 0.29) is 0 Å². The van der Waals surface area contributed by atoms with Gasteiger partial charge in [-0.3, -0.25) is 0 Å². The Hall–Kier alpha value is -1.45. The molecule has 2 heterocycles. The molecule has 0 bridgehead atoms. The number of nitrogens with zero attached hydrogens (tertiary/aromatic N) is 2. The average molecular weight is 275 g/mol. The van der Waals surface area contributed by atoms with Crippen molar-refractivity contribution < 1.29 is 0 Å². The molecule has 0 saturated heterocycles. The van der Waals surface area contributed by atoms with E-state index in [4.69, 9.17) is 11.6 Å². The van der Waals surface area contributed by atoms with Crippen LogP contribution in [0.5, 0.6) is 0 Å². The minimum Gasteiger partial charge on any atom is -0.232 e. The van der Waals surface area contributed by atoms with E-state index in [2.05, 4.69) is 22.1 Å². The SMILES string of the molecule is Clc1nc(CCc2ccccc2)nc2ccsc12. The van der Waals surface area contributed by atoms with Crippen LogP contribution in [-0.4, -0.2) is 9.97 Å². The summed E-state index contributed by atoms with van der Waals surface area (Å²) in [5, 5.41) is 2.56. The van der Waals surface area contributed by atoms with Crippen molar-refractivity contribution in [3.63, 3.8) is 0 Å². The van der Waals surface area contributed by atoms with Gasteiger partial charge in [0.1, 0.15) is 5.82 Å². The van der Waals surface area contributed by atoms with Gasteiger partial charge in [0.05, 0.1) is 10.2 Å². The van der Waals surface area contributed by atoms with E-state index < -0.39 is 0 Å². The molecule has 0 N–H and O–H groups in total. The molecule has 0 spiro atoms. The Bertz CT molecular complexity index is 664. The second-order valence-corrected chi connectivity index (χ2v) is 5.33. The Morgan fingerprint density at radius 1 is 1.00 bits per heavy atom. The molecule has 0 aliphatic carbocycles. The van der Waals surface area contributed by atoms with Crippen LogP contribution in [0.2, 0.25) is 5.15 Å². The first-order valence-electron chi connectivity index (χ1n) is 5.76. The lowest BCUT2D eigenvalue weighted by atomic mass is 10.1. The molecule has 3 rings (SSSR count). The fourth-order valence-electron chi connectivity index (χ4n) is 1.89. The van der Waals surface area contributed by atoms with Crippen LogP contribution in [0.4, 0.5) is 0 Å². The van der Waals surface area contributed by atoms with Gasteiger partial charge in [0.15, 0.2) is 5.15 Å². The predicted molar refractivity (Wildman–Crippen MR) is 76.3 cm³/mol. The molecule has 2 nitrogen and oxygen atoms in total. The van der Waals surface area contributed by atoms with E-state index in [0.717, 1.165) is 28.9 Å². The summed E-state index contributed by atoms with van der Waals surface area (Å²) in [5.41, 5.74) is 2.24. The number of benzene rings is 1. The quantitative estimate of drug-likeness (QED) is 0.671. The number of aromatic nitrogens is 2. The molecule has 0 aliphatic rings. The maximum absolute atomic E-state index is 6.14. The number of rotatable bonds is 3. The largest absolute Gasteiger partial charge is 0.232 e. The molecule has 90 valence electrons. The van der Waals surface area contributed by atoms with Crippen molar-refractivity contribution in [2.75, 3.05) is 0 Å². The number of thiophene rings is 1. The third-order valence-corrected chi connectivity index (χ3v) is 4.08. The lowest BCUT2D eigenvalue weighted by Gasteiger charge is -2.02.